The zero-order chi connectivity index (χ0) is 20.2. The third kappa shape index (κ3) is 3.60. The second-order valence-electron chi connectivity index (χ2n) is 7.18. The Morgan fingerprint density at radius 3 is 2.33 bits per heavy atom. The molecule has 2 N–H and O–H groups in total. The first-order valence-electron chi connectivity index (χ1n) is 8.29. The number of fused-ring (bicyclic) bond motifs is 3. The Morgan fingerprint density at radius 1 is 1.07 bits per heavy atom. The molecule has 0 bridgehead atoms. The van der Waals surface area contributed by atoms with Crippen LogP contribution < -0.4 is 4.90 Å². The van der Waals surface area contributed by atoms with Gasteiger partial charge in [0.05, 0.1) is 10.6 Å². The van der Waals surface area contributed by atoms with Crippen molar-refractivity contribution in [3.8, 4) is 0 Å². The first-order chi connectivity index (χ1) is 12.3. The van der Waals surface area contributed by atoms with E-state index in [9.17, 15) is 21.4 Å². The molecule has 0 fully saturated rings. The van der Waals surface area contributed by atoms with E-state index in [1.807, 2.05) is 24.8 Å². The largest absolute Gasteiger partial charge is 0.345 e. The van der Waals surface area contributed by atoms with Gasteiger partial charge in [0.15, 0.2) is 0 Å². The van der Waals surface area contributed by atoms with Crippen molar-refractivity contribution in [2.75, 3.05) is 17.2 Å². The van der Waals surface area contributed by atoms with Crippen molar-refractivity contribution in [2.24, 2.45) is 0 Å². The number of hydrogen-bond donors (Lipinski definition) is 2. The maximum absolute atomic E-state index is 11.4. The summed E-state index contributed by atoms with van der Waals surface area (Å²) in [6, 6.07) is 8.03. The predicted molar refractivity (Wildman–Crippen MR) is 104 cm³/mol. The molecule has 0 spiro atoms. The van der Waals surface area contributed by atoms with Crippen LogP contribution >= 0.6 is 0 Å². The molecule has 9 heteroatoms. The fourth-order valence-electron chi connectivity index (χ4n) is 3.63. The minimum absolute atomic E-state index is 0.172. The highest BCUT2D eigenvalue weighted by Crippen LogP contribution is 2.50. The van der Waals surface area contributed by atoms with E-state index in [0.717, 1.165) is 22.3 Å². The third-order valence-corrected chi connectivity index (χ3v) is 6.67. The second kappa shape index (κ2) is 6.30. The Kier molecular flexibility index (Phi) is 4.62. The molecule has 2 aromatic rings. The van der Waals surface area contributed by atoms with Gasteiger partial charge < -0.3 is 4.90 Å². The lowest BCUT2D eigenvalue weighted by atomic mass is 9.82. The van der Waals surface area contributed by atoms with Gasteiger partial charge in [0.1, 0.15) is 0 Å². The molecule has 7 nitrogen and oxygen atoms in total. The van der Waals surface area contributed by atoms with E-state index in [-0.39, 0.29) is 17.1 Å². The summed E-state index contributed by atoms with van der Waals surface area (Å²) in [7, 11) is -8.32. The van der Waals surface area contributed by atoms with E-state index in [4.69, 9.17) is 4.55 Å². The van der Waals surface area contributed by atoms with Gasteiger partial charge in [-0.1, -0.05) is 32.6 Å². The number of allylic oxidation sites excluding steroid dienone is 1. The standard InChI is InChI=1S/C18H21NO6S2/c1-12-18(2,3)17-15-7-6-14(27(23,24)25)11-13(15)5-8-16(17)19(12)9-4-10-26(20,21)22/h5-8,11H,1,4,9-10H2,2-3H3,(H,20,21,22)(H,23,24,25). The lowest BCUT2D eigenvalue weighted by Gasteiger charge is -2.25. The van der Waals surface area contributed by atoms with Crippen molar-refractivity contribution in [3.63, 3.8) is 0 Å². The minimum Gasteiger partial charge on any atom is -0.345 e. The van der Waals surface area contributed by atoms with Crippen molar-refractivity contribution in [1.82, 2.24) is 0 Å². The van der Waals surface area contributed by atoms with Crippen LogP contribution in [0, 0.1) is 0 Å². The van der Waals surface area contributed by atoms with Crippen LogP contribution in [0.4, 0.5) is 5.69 Å². The van der Waals surface area contributed by atoms with Crippen LogP contribution in [0.25, 0.3) is 10.8 Å². The Hall–Kier alpha value is -1.94. The van der Waals surface area contributed by atoms with E-state index in [0.29, 0.717) is 11.9 Å². The van der Waals surface area contributed by atoms with E-state index in [2.05, 4.69) is 6.58 Å². The van der Waals surface area contributed by atoms with Gasteiger partial charge in [-0.2, -0.15) is 16.8 Å². The lowest BCUT2D eigenvalue weighted by Crippen LogP contribution is -2.27. The summed E-state index contributed by atoms with van der Waals surface area (Å²) in [5.41, 5.74) is 2.16. The van der Waals surface area contributed by atoms with Crippen LogP contribution in [0.5, 0.6) is 0 Å². The summed E-state index contributed by atoms with van der Waals surface area (Å²) in [6.45, 7) is 8.52. The first-order valence-corrected chi connectivity index (χ1v) is 11.3. The minimum atomic E-state index is -4.29. The van der Waals surface area contributed by atoms with Crippen LogP contribution in [0.1, 0.15) is 25.8 Å². The highest BCUT2D eigenvalue weighted by atomic mass is 32.2. The van der Waals surface area contributed by atoms with Crippen LogP contribution in [0.2, 0.25) is 0 Å². The molecule has 0 atom stereocenters. The number of hydrogen-bond acceptors (Lipinski definition) is 5. The maximum atomic E-state index is 11.4. The second-order valence-corrected chi connectivity index (χ2v) is 10.2. The Balaban J connectivity index is 2.09. The first kappa shape index (κ1) is 19.8. The molecule has 1 heterocycles. The third-order valence-electron chi connectivity index (χ3n) is 5.01. The molecule has 0 aliphatic carbocycles. The zero-order valence-corrected chi connectivity index (χ0v) is 16.6. The Bertz CT molecular complexity index is 1150. The number of nitrogens with zero attached hydrogens (tertiary/aromatic N) is 1. The van der Waals surface area contributed by atoms with E-state index in [1.165, 1.54) is 12.1 Å². The summed E-state index contributed by atoms with van der Waals surface area (Å²) in [5.74, 6) is -0.335. The number of anilines is 1. The quantitative estimate of drug-likeness (QED) is 0.727. The molecule has 146 valence electrons. The molecule has 0 aromatic heterocycles. The average molecular weight is 412 g/mol. The maximum Gasteiger partial charge on any atom is 0.294 e. The van der Waals surface area contributed by atoms with E-state index < -0.39 is 25.7 Å². The van der Waals surface area contributed by atoms with Crippen molar-refractivity contribution < 1.29 is 25.9 Å². The molecule has 1 aliphatic rings. The van der Waals surface area contributed by atoms with Crippen molar-refractivity contribution >= 4 is 36.7 Å². The van der Waals surface area contributed by atoms with Gasteiger partial charge in [-0.15, -0.1) is 0 Å². The fourth-order valence-corrected chi connectivity index (χ4v) is 4.64. The van der Waals surface area contributed by atoms with Crippen molar-refractivity contribution in [1.29, 1.82) is 0 Å². The number of benzene rings is 2. The normalized spacial score (nSPS) is 16.7. The van der Waals surface area contributed by atoms with Gasteiger partial charge in [0.25, 0.3) is 20.2 Å². The van der Waals surface area contributed by atoms with Crippen LogP contribution in [0.15, 0.2) is 47.5 Å². The summed E-state index contributed by atoms with van der Waals surface area (Å²) in [5, 5.41) is 1.51. The topological polar surface area (TPSA) is 112 Å². The van der Waals surface area contributed by atoms with E-state index in [1.54, 1.807) is 12.1 Å². The summed E-state index contributed by atoms with van der Waals surface area (Å²) in [6.07, 6.45) is 0.243. The van der Waals surface area contributed by atoms with Crippen molar-refractivity contribution in [2.45, 2.75) is 30.6 Å². The van der Waals surface area contributed by atoms with Gasteiger partial charge >= 0.3 is 0 Å². The van der Waals surface area contributed by atoms with Crippen LogP contribution in [-0.2, 0) is 25.7 Å². The highest BCUT2D eigenvalue weighted by Gasteiger charge is 2.40. The molecule has 0 amide bonds. The summed E-state index contributed by atoms with van der Waals surface area (Å²) in [4.78, 5) is 1.76. The van der Waals surface area contributed by atoms with Gasteiger partial charge in [-0.05, 0) is 41.0 Å². The van der Waals surface area contributed by atoms with Gasteiger partial charge in [0.2, 0.25) is 0 Å². The van der Waals surface area contributed by atoms with Gasteiger partial charge in [-0.3, -0.25) is 9.11 Å². The molecule has 1 aliphatic heterocycles. The SMILES string of the molecule is C=C1N(CCCS(=O)(=O)O)c2ccc3cc(S(=O)(=O)O)ccc3c2C1(C)C. The molecule has 27 heavy (non-hydrogen) atoms. The molecule has 0 saturated carbocycles. The molecule has 0 saturated heterocycles. The lowest BCUT2D eigenvalue weighted by molar-refractivity contribution is 0.479. The Morgan fingerprint density at radius 2 is 1.74 bits per heavy atom. The zero-order valence-electron chi connectivity index (χ0n) is 15.0. The number of rotatable bonds is 5. The smallest absolute Gasteiger partial charge is 0.294 e. The molecule has 0 unspecified atom stereocenters. The van der Waals surface area contributed by atoms with Crippen LogP contribution in [-0.4, -0.2) is 38.2 Å². The highest BCUT2D eigenvalue weighted by molar-refractivity contribution is 7.86. The van der Waals surface area contributed by atoms with Crippen molar-refractivity contribution in [3.05, 3.63) is 48.2 Å². The molecule has 0 radical (unpaired) electrons. The molecular weight excluding hydrogens is 390 g/mol. The predicted octanol–water partition coefficient (Wildman–Crippen LogP) is 2.98. The fraction of sp³-hybridized carbons (Fsp3) is 0.333. The van der Waals surface area contributed by atoms with Gasteiger partial charge in [-0.25, -0.2) is 0 Å². The Labute approximate surface area is 158 Å². The van der Waals surface area contributed by atoms with Crippen LogP contribution in [0.3, 0.4) is 0 Å². The average Bonchev–Trinajstić information content (AvgIpc) is 2.73. The monoisotopic (exact) mass is 411 g/mol. The van der Waals surface area contributed by atoms with Gasteiger partial charge in [0, 0.05) is 23.3 Å². The molecule has 3 rings (SSSR count). The van der Waals surface area contributed by atoms with E-state index >= 15 is 0 Å². The summed E-state index contributed by atoms with van der Waals surface area (Å²) < 4.78 is 63.0. The molecule has 2 aromatic carbocycles. The molecular formula is C18H21NO6S2. The summed E-state index contributed by atoms with van der Waals surface area (Å²) >= 11 is 0.